The molecule has 3 heteroatoms. The average Bonchev–Trinajstić information content (AvgIpc) is 3.04. The molecule has 1 nitrogen and oxygen atoms in total. The molecular formula is C25H31ClOSi. The summed E-state index contributed by atoms with van der Waals surface area (Å²) in [5.74, 6) is 0.993. The molecule has 0 aliphatic heterocycles. The molecule has 1 atom stereocenters. The topological polar surface area (TPSA) is 9.23 Å². The standard InChI is InChI=1S/C25H31ClOSi/c1-7-14-27-24-19(15-20(26)16-22(24)25(2,3)4)17-28(5,6)23-13-12-18-10-8-9-11-21(18)23/h7-13,15-16,23H,1,14,17H2,2-6H3. The van der Waals surface area contributed by atoms with Crippen LogP contribution in [0.4, 0.5) is 0 Å². The fourth-order valence-corrected chi connectivity index (χ4v) is 7.61. The van der Waals surface area contributed by atoms with Crippen LogP contribution in [0.2, 0.25) is 18.1 Å². The Balaban J connectivity index is 2.02. The maximum atomic E-state index is 6.56. The Morgan fingerprint density at radius 3 is 2.57 bits per heavy atom. The van der Waals surface area contributed by atoms with E-state index < -0.39 is 8.07 Å². The predicted molar refractivity (Wildman–Crippen MR) is 125 cm³/mol. The van der Waals surface area contributed by atoms with Crippen LogP contribution in [0.1, 0.15) is 48.6 Å². The largest absolute Gasteiger partial charge is 0.489 e. The van der Waals surface area contributed by atoms with Crippen LogP contribution >= 0.6 is 11.6 Å². The molecule has 1 unspecified atom stereocenters. The molecule has 0 fully saturated rings. The summed E-state index contributed by atoms with van der Waals surface area (Å²) in [6.45, 7) is 15.9. The Hall–Kier alpha value is -1.77. The van der Waals surface area contributed by atoms with Gasteiger partial charge in [0.2, 0.25) is 0 Å². The minimum absolute atomic E-state index is 0.0400. The van der Waals surface area contributed by atoms with E-state index in [0.717, 1.165) is 16.8 Å². The molecule has 0 aromatic heterocycles. The molecule has 0 radical (unpaired) electrons. The van der Waals surface area contributed by atoms with Gasteiger partial charge in [-0.15, -0.1) is 0 Å². The Kier molecular flexibility index (Phi) is 5.93. The first-order chi connectivity index (χ1) is 13.1. The van der Waals surface area contributed by atoms with Crippen LogP contribution in [0, 0.1) is 0 Å². The van der Waals surface area contributed by atoms with E-state index in [1.807, 2.05) is 6.08 Å². The lowest BCUT2D eigenvalue weighted by Crippen LogP contribution is -2.37. The zero-order valence-electron chi connectivity index (χ0n) is 17.7. The van der Waals surface area contributed by atoms with Crippen molar-refractivity contribution in [1.29, 1.82) is 0 Å². The average molecular weight is 411 g/mol. The molecule has 148 valence electrons. The summed E-state index contributed by atoms with van der Waals surface area (Å²) in [6.07, 6.45) is 6.49. The highest BCUT2D eigenvalue weighted by atomic mass is 35.5. The number of fused-ring (bicyclic) bond motifs is 1. The molecule has 3 rings (SSSR count). The van der Waals surface area contributed by atoms with Gasteiger partial charge in [-0.3, -0.25) is 0 Å². The summed E-state index contributed by atoms with van der Waals surface area (Å²) < 4.78 is 6.20. The van der Waals surface area contributed by atoms with Crippen LogP contribution in [0.25, 0.3) is 6.08 Å². The number of hydrogen-bond acceptors (Lipinski definition) is 1. The third-order valence-electron chi connectivity index (χ3n) is 5.57. The molecule has 0 spiro atoms. The fraction of sp³-hybridized carbons (Fsp3) is 0.360. The van der Waals surface area contributed by atoms with Gasteiger partial charge in [-0.25, -0.2) is 0 Å². The molecule has 0 bridgehead atoms. The molecular weight excluding hydrogens is 380 g/mol. The van der Waals surface area contributed by atoms with Crippen LogP contribution in [0.3, 0.4) is 0 Å². The van der Waals surface area contributed by atoms with Gasteiger partial charge in [-0.2, -0.15) is 0 Å². The van der Waals surface area contributed by atoms with Gasteiger partial charge in [-0.05, 0) is 45.8 Å². The molecule has 0 amide bonds. The highest BCUT2D eigenvalue weighted by Gasteiger charge is 2.36. The first kappa shape index (κ1) is 20.9. The van der Waals surface area contributed by atoms with E-state index in [-0.39, 0.29) is 5.41 Å². The van der Waals surface area contributed by atoms with Gasteiger partial charge in [-0.1, -0.05) is 94.5 Å². The molecule has 1 aliphatic carbocycles. The van der Waals surface area contributed by atoms with Gasteiger partial charge in [0.05, 0.1) is 8.07 Å². The molecule has 0 saturated carbocycles. The monoisotopic (exact) mass is 410 g/mol. The maximum Gasteiger partial charge on any atom is 0.126 e. The van der Waals surface area contributed by atoms with Gasteiger partial charge in [0.25, 0.3) is 0 Å². The van der Waals surface area contributed by atoms with Crippen molar-refractivity contribution < 1.29 is 4.74 Å². The zero-order valence-corrected chi connectivity index (χ0v) is 19.4. The van der Waals surface area contributed by atoms with Crippen molar-refractivity contribution in [3.8, 4) is 5.75 Å². The van der Waals surface area contributed by atoms with Crippen molar-refractivity contribution in [1.82, 2.24) is 0 Å². The number of allylic oxidation sites excluding steroid dienone is 1. The Bertz CT molecular complexity index is 905. The molecule has 0 heterocycles. The minimum Gasteiger partial charge on any atom is -0.489 e. The molecule has 28 heavy (non-hydrogen) atoms. The Morgan fingerprint density at radius 2 is 1.89 bits per heavy atom. The summed E-state index contributed by atoms with van der Waals surface area (Å²) in [4.78, 5) is 0. The van der Waals surface area contributed by atoms with E-state index >= 15 is 0 Å². The third-order valence-corrected chi connectivity index (χ3v) is 9.27. The van der Waals surface area contributed by atoms with Gasteiger partial charge in [0.1, 0.15) is 12.4 Å². The van der Waals surface area contributed by atoms with Crippen molar-refractivity contribution in [2.24, 2.45) is 0 Å². The number of halogens is 1. The number of benzene rings is 2. The van der Waals surface area contributed by atoms with E-state index in [1.54, 1.807) is 0 Å². The summed E-state index contributed by atoms with van der Waals surface area (Å²) in [5.41, 5.74) is 5.69. The zero-order chi connectivity index (χ0) is 20.5. The maximum absolute atomic E-state index is 6.56. The van der Waals surface area contributed by atoms with Crippen LogP contribution < -0.4 is 4.74 Å². The number of rotatable bonds is 6. The normalized spacial score (nSPS) is 16.1. The second-order valence-corrected chi connectivity index (χ2v) is 14.8. The lowest BCUT2D eigenvalue weighted by Gasteiger charge is -2.32. The molecule has 2 aromatic rings. The van der Waals surface area contributed by atoms with E-state index in [9.17, 15) is 0 Å². The quantitative estimate of drug-likeness (QED) is 0.357. The first-order valence-electron chi connectivity index (χ1n) is 9.97. The van der Waals surface area contributed by atoms with E-state index in [0.29, 0.717) is 12.1 Å². The van der Waals surface area contributed by atoms with E-state index in [1.165, 1.54) is 22.3 Å². The SMILES string of the molecule is C=CCOc1c(C[Si](C)(C)C2C=Cc3ccccc32)cc(Cl)cc1C(C)(C)C. The summed E-state index contributed by atoms with van der Waals surface area (Å²) in [5, 5.41) is 0.790. The number of ether oxygens (including phenoxy) is 1. The van der Waals surface area contributed by atoms with E-state index in [2.05, 4.69) is 89.0 Å². The highest BCUT2D eigenvalue weighted by molar-refractivity contribution is 6.79. The van der Waals surface area contributed by atoms with Crippen LogP contribution in [-0.4, -0.2) is 14.7 Å². The van der Waals surface area contributed by atoms with Gasteiger partial charge < -0.3 is 4.74 Å². The van der Waals surface area contributed by atoms with Crippen molar-refractivity contribution in [2.45, 2.75) is 50.9 Å². The number of hydrogen-bond donors (Lipinski definition) is 0. The second-order valence-electron chi connectivity index (χ2n) is 9.42. The van der Waals surface area contributed by atoms with Crippen LogP contribution in [0.5, 0.6) is 5.75 Å². The lowest BCUT2D eigenvalue weighted by molar-refractivity contribution is 0.348. The summed E-state index contributed by atoms with van der Waals surface area (Å²) in [6, 6.07) is 13.9. The second kappa shape index (κ2) is 7.92. The summed E-state index contributed by atoms with van der Waals surface area (Å²) >= 11 is 6.56. The van der Waals surface area contributed by atoms with Crippen molar-refractivity contribution in [3.63, 3.8) is 0 Å². The van der Waals surface area contributed by atoms with Crippen molar-refractivity contribution in [3.05, 3.63) is 82.4 Å². The fourth-order valence-electron chi connectivity index (χ4n) is 4.18. The smallest absolute Gasteiger partial charge is 0.126 e. The molecule has 0 saturated heterocycles. The first-order valence-corrected chi connectivity index (χ1v) is 13.6. The van der Waals surface area contributed by atoms with Crippen LogP contribution in [-0.2, 0) is 11.5 Å². The molecule has 0 N–H and O–H groups in total. The van der Waals surface area contributed by atoms with Gasteiger partial charge in [0.15, 0.2) is 0 Å². The molecule has 1 aliphatic rings. The van der Waals surface area contributed by atoms with Gasteiger partial charge >= 0.3 is 0 Å². The van der Waals surface area contributed by atoms with Crippen LogP contribution in [0.15, 0.2) is 55.1 Å². The third kappa shape index (κ3) is 4.29. The van der Waals surface area contributed by atoms with E-state index in [4.69, 9.17) is 16.3 Å². The highest BCUT2D eigenvalue weighted by Crippen LogP contribution is 2.42. The van der Waals surface area contributed by atoms with Crippen molar-refractivity contribution in [2.75, 3.05) is 6.61 Å². The lowest BCUT2D eigenvalue weighted by atomic mass is 9.85. The minimum atomic E-state index is -1.69. The Labute approximate surface area is 176 Å². The predicted octanol–water partition coefficient (Wildman–Crippen LogP) is 7.34. The summed E-state index contributed by atoms with van der Waals surface area (Å²) in [7, 11) is -1.69. The Morgan fingerprint density at radius 1 is 1.18 bits per heavy atom. The van der Waals surface area contributed by atoms with Gasteiger partial charge in [0, 0.05) is 10.6 Å². The van der Waals surface area contributed by atoms with Crippen molar-refractivity contribution >= 4 is 25.8 Å². The molecule has 2 aromatic carbocycles.